The van der Waals surface area contributed by atoms with E-state index in [1.165, 1.54) is 5.52 Å². The molecule has 2 aromatic rings. The lowest BCUT2D eigenvalue weighted by atomic mass is 10.3. The zero-order valence-electron chi connectivity index (χ0n) is 7.71. The van der Waals surface area contributed by atoms with Gasteiger partial charge in [0.15, 0.2) is 0 Å². The van der Waals surface area contributed by atoms with Crippen LogP contribution in [-0.2, 0) is 13.5 Å². The summed E-state index contributed by atoms with van der Waals surface area (Å²) in [6, 6.07) is 6.10. The fraction of sp³-hybridized carbons (Fsp3) is 0.300. The van der Waals surface area contributed by atoms with Gasteiger partial charge in [0, 0.05) is 17.9 Å². The number of imidazole rings is 1. The minimum absolute atomic E-state index is 0.970. The van der Waals surface area contributed by atoms with Crippen LogP contribution in [0.25, 0.3) is 11.0 Å². The van der Waals surface area contributed by atoms with Gasteiger partial charge in [-0.15, -0.1) is 0 Å². The maximum atomic E-state index is 4.52. The zero-order valence-corrected chi connectivity index (χ0v) is 9.30. The third kappa shape index (κ3) is 1.27. The smallest absolute Gasteiger partial charge is 0.109 e. The summed E-state index contributed by atoms with van der Waals surface area (Å²) in [5.41, 5.74) is 2.24. The number of hydrogen-bond donors (Lipinski definition) is 0. The molecular weight excluding hydrogens is 228 g/mol. The molecular formula is C10H11BrN2. The fourth-order valence-corrected chi connectivity index (χ4v) is 2.21. The topological polar surface area (TPSA) is 17.8 Å². The van der Waals surface area contributed by atoms with Crippen molar-refractivity contribution in [1.29, 1.82) is 0 Å². The molecule has 68 valence electrons. The summed E-state index contributed by atoms with van der Waals surface area (Å²) in [4.78, 5) is 4.52. The molecule has 0 unspecified atom stereocenters. The van der Waals surface area contributed by atoms with Gasteiger partial charge in [-0.3, -0.25) is 0 Å². The average Bonchev–Trinajstić information content (AvgIpc) is 2.44. The van der Waals surface area contributed by atoms with Crippen LogP contribution in [0.4, 0.5) is 0 Å². The first-order valence-corrected chi connectivity index (χ1v) is 5.13. The van der Waals surface area contributed by atoms with E-state index in [0.29, 0.717) is 0 Å². The summed E-state index contributed by atoms with van der Waals surface area (Å²) in [5, 5.41) is 0. The van der Waals surface area contributed by atoms with Crippen LogP contribution in [0.15, 0.2) is 22.7 Å². The van der Waals surface area contributed by atoms with E-state index in [4.69, 9.17) is 0 Å². The molecule has 0 aliphatic rings. The lowest BCUT2D eigenvalue weighted by Crippen LogP contribution is -1.95. The maximum absolute atomic E-state index is 4.52. The van der Waals surface area contributed by atoms with Gasteiger partial charge in [0.1, 0.15) is 5.82 Å². The van der Waals surface area contributed by atoms with Crippen LogP contribution in [0.5, 0.6) is 0 Å². The number of para-hydroxylation sites is 1. The Kier molecular flexibility index (Phi) is 2.12. The predicted octanol–water partition coefficient (Wildman–Crippen LogP) is 2.90. The van der Waals surface area contributed by atoms with Crippen LogP contribution in [-0.4, -0.2) is 9.55 Å². The Balaban J connectivity index is 2.85. The molecule has 1 heterocycles. The number of benzene rings is 1. The Morgan fingerprint density at radius 3 is 2.85 bits per heavy atom. The Labute approximate surface area is 85.7 Å². The monoisotopic (exact) mass is 238 g/mol. The van der Waals surface area contributed by atoms with Crippen molar-refractivity contribution < 1.29 is 0 Å². The first-order chi connectivity index (χ1) is 6.24. The minimum atomic E-state index is 0.970. The molecule has 0 atom stereocenters. The number of nitrogens with zero attached hydrogens (tertiary/aromatic N) is 2. The van der Waals surface area contributed by atoms with E-state index in [9.17, 15) is 0 Å². The van der Waals surface area contributed by atoms with Crippen molar-refractivity contribution >= 4 is 27.0 Å². The van der Waals surface area contributed by atoms with Crippen LogP contribution in [0.3, 0.4) is 0 Å². The van der Waals surface area contributed by atoms with Gasteiger partial charge < -0.3 is 4.57 Å². The summed E-state index contributed by atoms with van der Waals surface area (Å²) in [6.45, 7) is 2.12. The van der Waals surface area contributed by atoms with Crippen molar-refractivity contribution in [2.45, 2.75) is 13.3 Å². The second-order valence-electron chi connectivity index (χ2n) is 3.05. The van der Waals surface area contributed by atoms with Gasteiger partial charge in [0.25, 0.3) is 0 Å². The lowest BCUT2D eigenvalue weighted by Gasteiger charge is -1.99. The molecule has 2 rings (SSSR count). The molecule has 0 fully saturated rings. The molecule has 0 aliphatic heterocycles. The van der Waals surface area contributed by atoms with Crippen LogP contribution in [0, 0.1) is 0 Å². The van der Waals surface area contributed by atoms with Crippen LogP contribution >= 0.6 is 15.9 Å². The van der Waals surface area contributed by atoms with Gasteiger partial charge in [0.2, 0.25) is 0 Å². The van der Waals surface area contributed by atoms with Gasteiger partial charge in [-0.25, -0.2) is 4.98 Å². The highest BCUT2D eigenvalue weighted by atomic mass is 79.9. The molecule has 2 nitrogen and oxygen atoms in total. The van der Waals surface area contributed by atoms with Gasteiger partial charge in [0.05, 0.1) is 11.0 Å². The number of fused-ring (bicyclic) bond motifs is 1. The molecule has 3 heteroatoms. The third-order valence-corrected chi connectivity index (χ3v) is 2.89. The van der Waals surface area contributed by atoms with E-state index in [-0.39, 0.29) is 0 Å². The SMILES string of the molecule is CCc1nc2cccc(Br)c2n1C. The quantitative estimate of drug-likeness (QED) is 0.748. The van der Waals surface area contributed by atoms with Crippen molar-refractivity contribution in [3.8, 4) is 0 Å². The molecule has 0 spiro atoms. The van der Waals surface area contributed by atoms with Gasteiger partial charge in [-0.2, -0.15) is 0 Å². The number of aromatic nitrogens is 2. The molecule has 1 aromatic heterocycles. The largest absolute Gasteiger partial charge is 0.330 e. The standard InChI is InChI=1S/C10H11BrN2/c1-3-9-12-8-6-4-5-7(11)10(8)13(9)2/h4-6H,3H2,1-2H3. The van der Waals surface area contributed by atoms with E-state index in [1.807, 2.05) is 18.2 Å². The highest BCUT2D eigenvalue weighted by Crippen LogP contribution is 2.23. The molecule has 0 N–H and O–H groups in total. The summed E-state index contributed by atoms with van der Waals surface area (Å²) in [5.74, 6) is 1.13. The van der Waals surface area contributed by atoms with Crippen molar-refractivity contribution in [3.05, 3.63) is 28.5 Å². The van der Waals surface area contributed by atoms with E-state index >= 15 is 0 Å². The Morgan fingerprint density at radius 1 is 1.46 bits per heavy atom. The normalized spacial score (nSPS) is 11.0. The first-order valence-electron chi connectivity index (χ1n) is 4.34. The van der Waals surface area contributed by atoms with E-state index in [2.05, 4.69) is 39.5 Å². The molecule has 0 amide bonds. The summed E-state index contributed by atoms with van der Waals surface area (Å²) < 4.78 is 3.25. The Morgan fingerprint density at radius 2 is 2.23 bits per heavy atom. The molecule has 0 saturated carbocycles. The average molecular weight is 239 g/mol. The van der Waals surface area contributed by atoms with Crippen molar-refractivity contribution in [2.24, 2.45) is 7.05 Å². The minimum Gasteiger partial charge on any atom is -0.330 e. The Hall–Kier alpha value is -0.830. The fourth-order valence-electron chi connectivity index (χ4n) is 1.59. The van der Waals surface area contributed by atoms with Gasteiger partial charge in [-0.1, -0.05) is 13.0 Å². The van der Waals surface area contributed by atoms with Crippen LogP contribution in [0.1, 0.15) is 12.7 Å². The number of rotatable bonds is 1. The van der Waals surface area contributed by atoms with Crippen LogP contribution < -0.4 is 0 Å². The lowest BCUT2D eigenvalue weighted by molar-refractivity contribution is 0.828. The molecule has 0 saturated heterocycles. The second-order valence-corrected chi connectivity index (χ2v) is 3.90. The van der Waals surface area contributed by atoms with E-state index < -0.39 is 0 Å². The summed E-state index contributed by atoms with van der Waals surface area (Å²) >= 11 is 3.53. The predicted molar refractivity (Wildman–Crippen MR) is 57.8 cm³/mol. The van der Waals surface area contributed by atoms with E-state index in [0.717, 1.165) is 22.2 Å². The van der Waals surface area contributed by atoms with Crippen molar-refractivity contribution in [1.82, 2.24) is 9.55 Å². The summed E-state index contributed by atoms with van der Waals surface area (Å²) in [7, 11) is 2.05. The molecule has 13 heavy (non-hydrogen) atoms. The van der Waals surface area contributed by atoms with Crippen LogP contribution in [0.2, 0.25) is 0 Å². The highest BCUT2D eigenvalue weighted by Gasteiger charge is 2.07. The number of halogens is 1. The number of aryl methyl sites for hydroxylation is 2. The van der Waals surface area contributed by atoms with Crippen molar-refractivity contribution in [3.63, 3.8) is 0 Å². The summed E-state index contributed by atoms with van der Waals surface area (Å²) in [6.07, 6.45) is 0.970. The first kappa shape index (κ1) is 8.75. The molecule has 1 aromatic carbocycles. The Bertz CT molecular complexity index is 445. The molecule has 0 bridgehead atoms. The van der Waals surface area contributed by atoms with Gasteiger partial charge >= 0.3 is 0 Å². The van der Waals surface area contributed by atoms with Crippen molar-refractivity contribution in [2.75, 3.05) is 0 Å². The van der Waals surface area contributed by atoms with E-state index in [1.54, 1.807) is 0 Å². The third-order valence-electron chi connectivity index (χ3n) is 2.25. The highest BCUT2D eigenvalue weighted by molar-refractivity contribution is 9.10. The molecule has 0 aliphatic carbocycles. The molecule has 0 radical (unpaired) electrons. The zero-order chi connectivity index (χ0) is 9.42. The maximum Gasteiger partial charge on any atom is 0.109 e. The number of hydrogen-bond acceptors (Lipinski definition) is 1. The second kappa shape index (κ2) is 3.14. The van der Waals surface area contributed by atoms with Gasteiger partial charge in [-0.05, 0) is 28.1 Å².